The third-order valence-electron chi connectivity index (χ3n) is 4.90. The number of amides is 1. The molecule has 174 valence electrons. The van der Waals surface area contributed by atoms with E-state index >= 15 is 0 Å². The summed E-state index contributed by atoms with van der Waals surface area (Å²) in [6.45, 7) is 3.79. The predicted octanol–water partition coefficient (Wildman–Crippen LogP) is 3.36. The molecule has 0 aliphatic carbocycles. The molecule has 0 radical (unpaired) electrons. The lowest BCUT2D eigenvalue weighted by molar-refractivity contribution is -0.121. The van der Waals surface area contributed by atoms with Gasteiger partial charge in [-0.05, 0) is 31.0 Å². The zero-order valence-electron chi connectivity index (χ0n) is 18.5. The van der Waals surface area contributed by atoms with E-state index < -0.39 is 10.0 Å². The van der Waals surface area contributed by atoms with Crippen LogP contribution in [0.3, 0.4) is 0 Å². The predicted molar refractivity (Wildman–Crippen MR) is 129 cm³/mol. The van der Waals surface area contributed by atoms with Gasteiger partial charge < -0.3 is 14.8 Å². The van der Waals surface area contributed by atoms with Crippen molar-refractivity contribution in [1.82, 2.24) is 5.32 Å². The molecule has 1 heterocycles. The minimum Gasteiger partial charge on any atom is -0.486 e. The number of carbonyl (C=O) groups excluding carboxylic acids is 1. The summed E-state index contributed by atoms with van der Waals surface area (Å²) in [6.07, 6.45) is 1.85. The van der Waals surface area contributed by atoms with Crippen LogP contribution in [0.5, 0.6) is 11.5 Å². The second kappa shape index (κ2) is 11.5. The second-order valence-corrected chi connectivity index (χ2v) is 10.7. The highest BCUT2D eigenvalue weighted by molar-refractivity contribution is 7.98. The van der Waals surface area contributed by atoms with Gasteiger partial charge in [-0.3, -0.25) is 9.10 Å². The van der Waals surface area contributed by atoms with Crippen LogP contribution in [0, 0.1) is 6.92 Å². The minimum atomic E-state index is -3.49. The highest BCUT2D eigenvalue weighted by atomic mass is 32.2. The number of carbonyl (C=O) groups is 1. The molecule has 9 heteroatoms. The molecule has 1 aliphatic heterocycles. The first-order valence-electron chi connectivity index (χ1n) is 10.6. The summed E-state index contributed by atoms with van der Waals surface area (Å²) in [5.41, 5.74) is 3.03. The molecule has 7 nitrogen and oxygen atoms in total. The van der Waals surface area contributed by atoms with Gasteiger partial charge >= 0.3 is 0 Å². The Morgan fingerprint density at radius 2 is 1.91 bits per heavy atom. The van der Waals surface area contributed by atoms with Crippen molar-refractivity contribution in [2.45, 2.75) is 25.5 Å². The highest BCUT2D eigenvalue weighted by Crippen LogP contribution is 2.34. The summed E-state index contributed by atoms with van der Waals surface area (Å²) in [4.78, 5) is 12.2. The second-order valence-electron chi connectivity index (χ2n) is 7.66. The fourth-order valence-electron chi connectivity index (χ4n) is 3.40. The summed E-state index contributed by atoms with van der Waals surface area (Å²) in [5, 5.41) is 2.91. The number of aryl methyl sites for hydroxylation is 1. The number of benzene rings is 2. The molecular weight excluding hydrogens is 448 g/mol. The van der Waals surface area contributed by atoms with E-state index in [-0.39, 0.29) is 18.9 Å². The van der Waals surface area contributed by atoms with Crippen LogP contribution in [0.15, 0.2) is 42.5 Å². The maximum Gasteiger partial charge on any atom is 0.232 e. The van der Waals surface area contributed by atoms with Crippen LogP contribution in [0.1, 0.15) is 24.0 Å². The van der Waals surface area contributed by atoms with Crippen molar-refractivity contribution in [1.29, 1.82) is 0 Å². The largest absolute Gasteiger partial charge is 0.486 e. The number of fused-ring (bicyclic) bond motifs is 1. The molecule has 1 aliphatic rings. The van der Waals surface area contributed by atoms with E-state index in [4.69, 9.17) is 9.47 Å². The lowest BCUT2D eigenvalue weighted by Gasteiger charge is -2.25. The molecule has 0 saturated carbocycles. The number of hydrogen-bond acceptors (Lipinski definition) is 6. The van der Waals surface area contributed by atoms with Gasteiger partial charge in [0, 0.05) is 37.1 Å². The molecule has 0 spiro atoms. The average molecular weight is 479 g/mol. The Balaban J connectivity index is 1.41. The van der Waals surface area contributed by atoms with Crippen LogP contribution in [-0.4, -0.2) is 52.6 Å². The van der Waals surface area contributed by atoms with E-state index in [2.05, 4.69) is 36.5 Å². The van der Waals surface area contributed by atoms with Crippen molar-refractivity contribution in [2.75, 3.05) is 42.6 Å². The summed E-state index contributed by atoms with van der Waals surface area (Å²) in [6, 6.07) is 13.5. The van der Waals surface area contributed by atoms with Gasteiger partial charge in [-0.1, -0.05) is 29.8 Å². The number of nitrogens with one attached hydrogen (secondary N) is 1. The molecule has 1 amide bonds. The number of nitrogens with zero attached hydrogens (tertiary/aromatic N) is 1. The van der Waals surface area contributed by atoms with Gasteiger partial charge in [-0.2, -0.15) is 11.8 Å². The molecule has 32 heavy (non-hydrogen) atoms. The molecule has 3 rings (SSSR count). The quantitative estimate of drug-likeness (QED) is 0.499. The third-order valence-corrected chi connectivity index (χ3v) is 7.12. The third kappa shape index (κ3) is 7.34. The molecule has 2 aromatic rings. The van der Waals surface area contributed by atoms with Crippen molar-refractivity contribution < 1.29 is 22.7 Å². The van der Waals surface area contributed by atoms with Gasteiger partial charge in [0.2, 0.25) is 15.9 Å². The van der Waals surface area contributed by atoms with Crippen LogP contribution < -0.4 is 19.1 Å². The molecule has 1 N–H and O–H groups in total. The number of anilines is 1. The Labute approximate surface area is 194 Å². The van der Waals surface area contributed by atoms with Gasteiger partial charge in [0.05, 0.1) is 11.9 Å². The van der Waals surface area contributed by atoms with Crippen LogP contribution in [0.2, 0.25) is 0 Å². The maximum absolute atomic E-state index is 12.3. The van der Waals surface area contributed by atoms with Crippen molar-refractivity contribution >= 4 is 33.4 Å². The van der Waals surface area contributed by atoms with Crippen LogP contribution in [0.25, 0.3) is 0 Å². The van der Waals surface area contributed by atoms with E-state index in [9.17, 15) is 13.2 Å². The summed E-state index contributed by atoms with van der Waals surface area (Å²) < 4.78 is 37.0. The van der Waals surface area contributed by atoms with Gasteiger partial charge in [0.1, 0.15) is 13.2 Å². The lowest BCUT2D eigenvalue weighted by Crippen LogP contribution is -2.32. The van der Waals surface area contributed by atoms with Crippen LogP contribution in [-0.2, 0) is 20.6 Å². The SMILES string of the molecule is Cc1cccc(CSCCNC(=O)CCCN(c2ccc3c(c2)OCCO3)S(C)(=O)=O)c1. The Bertz CT molecular complexity index is 1030. The van der Waals surface area contributed by atoms with Crippen LogP contribution in [0.4, 0.5) is 5.69 Å². The van der Waals surface area contributed by atoms with Gasteiger partial charge in [-0.25, -0.2) is 8.42 Å². The standard InChI is InChI=1S/C23H30N2O5S2/c1-18-5-3-6-19(15-18)17-31-14-10-24-23(26)7-4-11-25(32(2,27)28)20-8-9-21-22(16-20)30-13-12-29-21/h3,5-6,8-9,15-16H,4,7,10-14,17H2,1-2H3,(H,24,26). The van der Waals surface area contributed by atoms with E-state index in [0.717, 1.165) is 17.8 Å². The maximum atomic E-state index is 12.3. The number of thioether (sulfide) groups is 1. The monoisotopic (exact) mass is 478 g/mol. The Kier molecular flexibility index (Phi) is 8.69. The fraction of sp³-hybridized carbons (Fsp3) is 0.435. The summed E-state index contributed by atoms with van der Waals surface area (Å²) in [5.74, 6) is 2.80. The Hall–Kier alpha value is -2.39. The summed E-state index contributed by atoms with van der Waals surface area (Å²) in [7, 11) is -3.49. The lowest BCUT2D eigenvalue weighted by atomic mass is 10.2. The Morgan fingerprint density at radius 3 is 2.66 bits per heavy atom. The molecule has 0 fully saturated rings. The topological polar surface area (TPSA) is 84.9 Å². The van der Waals surface area contributed by atoms with Crippen LogP contribution >= 0.6 is 11.8 Å². The highest BCUT2D eigenvalue weighted by Gasteiger charge is 2.21. The molecule has 0 atom stereocenters. The van der Waals surface area contributed by atoms with Crippen molar-refractivity contribution in [3.63, 3.8) is 0 Å². The van der Waals surface area contributed by atoms with Crippen molar-refractivity contribution in [3.05, 3.63) is 53.6 Å². The van der Waals surface area contributed by atoms with Crippen molar-refractivity contribution in [2.24, 2.45) is 0 Å². The Morgan fingerprint density at radius 1 is 1.12 bits per heavy atom. The van der Waals surface area contributed by atoms with Gasteiger partial charge in [0.15, 0.2) is 11.5 Å². The number of sulfonamides is 1. The van der Waals surface area contributed by atoms with Gasteiger partial charge in [0.25, 0.3) is 0 Å². The summed E-state index contributed by atoms with van der Waals surface area (Å²) >= 11 is 1.77. The van der Waals surface area contributed by atoms with E-state index in [1.165, 1.54) is 15.4 Å². The molecule has 0 unspecified atom stereocenters. The zero-order chi connectivity index (χ0) is 23.0. The molecule has 0 saturated heterocycles. The minimum absolute atomic E-state index is 0.0724. The molecule has 0 aromatic heterocycles. The first-order chi connectivity index (χ1) is 15.3. The normalized spacial score (nSPS) is 12.9. The average Bonchev–Trinajstić information content (AvgIpc) is 2.75. The molecule has 2 aromatic carbocycles. The van der Waals surface area contributed by atoms with Crippen molar-refractivity contribution in [3.8, 4) is 11.5 Å². The fourth-order valence-corrected chi connectivity index (χ4v) is 5.16. The smallest absolute Gasteiger partial charge is 0.232 e. The van der Waals surface area contributed by atoms with E-state index in [1.54, 1.807) is 30.0 Å². The molecular formula is C23H30N2O5S2. The number of rotatable bonds is 11. The number of ether oxygens (including phenoxy) is 2. The first-order valence-corrected chi connectivity index (χ1v) is 13.6. The van der Waals surface area contributed by atoms with E-state index in [0.29, 0.717) is 43.4 Å². The molecule has 0 bridgehead atoms. The van der Waals surface area contributed by atoms with Gasteiger partial charge in [-0.15, -0.1) is 0 Å². The van der Waals surface area contributed by atoms with E-state index in [1.807, 2.05) is 0 Å². The first kappa shape index (κ1) is 24.3. The zero-order valence-corrected chi connectivity index (χ0v) is 20.1. The number of hydrogen-bond donors (Lipinski definition) is 1.